The Morgan fingerprint density at radius 1 is 1.36 bits per heavy atom. The molecule has 0 saturated heterocycles. The summed E-state index contributed by atoms with van der Waals surface area (Å²) in [6, 6.07) is 6.14. The summed E-state index contributed by atoms with van der Waals surface area (Å²) in [4.78, 5) is 1.18. The third kappa shape index (κ3) is 2.25. The predicted octanol–water partition coefficient (Wildman–Crippen LogP) is 5.66. The zero-order chi connectivity index (χ0) is 10.1. The number of hydrogen-bond donors (Lipinski definition) is 0. The molecule has 0 fully saturated rings. The second kappa shape index (κ2) is 4.66. The van der Waals surface area contributed by atoms with Gasteiger partial charge in [0.05, 0.1) is 12.9 Å². The molecular formula is C9H5Br2ClS2. The van der Waals surface area contributed by atoms with Crippen molar-refractivity contribution in [1.29, 1.82) is 0 Å². The van der Waals surface area contributed by atoms with Crippen LogP contribution in [0.3, 0.4) is 0 Å². The van der Waals surface area contributed by atoms with Crippen LogP contribution in [0.2, 0.25) is 0 Å². The van der Waals surface area contributed by atoms with Crippen molar-refractivity contribution in [3.05, 3.63) is 41.6 Å². The van der Waals surface area contributed by atoms with Gasteiger partial charge in [0.1, 0.15) is 0 Å². The highest BCUT2D eigenvalue weighted by Crippen LogP contribution is 2.41. The maximum atomic E-state index is 6.36. The summed E-state index contributed by atoms with van der Waals surface area (Å²) in [5.41, 5.74) is 1.13. The van der Waals surface area contributed by atoms with Crippen LogP contribution in [0.15, 0.2) is 31.2 Å². The van der Waals surface area contributed by atoms with Gasteiger partial charge in [-0.25, -0.2) is 0 Å². The molecule has 2 rings (SSSR count). The van der Waals surface area contributed by atoms with Crippen LogP contribution >= 0.6 is 66.1 Å². The van der Waals surface area contributed by atoms with Gasteiger partial charge in [-0.05, 0) is 49.4 Å². The summed E-state index contributed by atoms with van der Waals surface area (Å²) >= 11 is 16.6. The zero-order valence-corrected chi connectivity index (χ0v) is 12.4. The molecule has 2 aromatic rings. The lowest BCUT2D eigenvalue weighted by molar-refractivity contribution is 1.19. The summed E-state index contributed by atoms with van der Waals surface area (Å²) in [5, 5.41) is 1.99. The van der Waals surface area contributed by atoms with Gasteiger partial charge in [-0.15, -0.1) is 34.3 Å². The molecule has 0 aliphatic rings. The molecule has 0 spiro atoms. The standard InChI is InChI=1S/C9H5Br2ClS2/c10-7-4-5(9(11)14-7)8(12)6-2-1-3-13-6/h1-4,8H. The molecular weight excluding hydrogens is 367 g/mol. The Kier molecular flexibility index (Phi) is 3.71. The molecule has 2 aromatic heterocycles. The summed E-state index contributed by atoms with van der Waals surface area (Å²) in [6.07, 6.45) is 0. The Labute approximate surface area is 112 Å². The highest BCUT2D eigenvalue weighted by atomic mass is 79.9. The first-order valence-electron chi connectivity index (χ1n) is 3.80. The summed E-state index contributed by atoms with van der Waals surface area (Å²) in [7, 11) is 0. The van der Waals surface area contributed by atoms with Gasteiger partial charge in [0.15, 0.2) is 0 Å². The summed E-state index contributed by atoms with van der Waals surface area (Å²) < 4.78 is 2.19. The van der Waals surface area contributed by atoms with Crippen LogP contribution < -0.4 is 0 Å². The van der Waals surface area contributed by atoms with Crippen LogP contribution in [-0.4, -0.2) is 0 Å². The molecule has 14 heavy (non-hydrogen) atoms. The van der Waals surface area contributed by atoms with Crippen molar-refractivity contribution in [2.24, 2.45) is 0 Å². The minimum atomic E-state index is -0.0491. The maximum Gasteiger partial charge on any atom is 0.0947 e. The SMILES string of the molecule is ClC(c1cccs1)c1cc(Br)sc1Br. The van der Waals surface area contributed by atoms with Gasteiger partial charge in [0, 0.05) is 10.4 Å². The van der Waals surface area contributed by atoms with Crippen LogP contribution in [0.4, 0.5) is 0 Å². The fourth-order valence-corrected chi connectivity index (χ4v) is 5.33. The fraction of sp³-hybridized carbons (Fsp3) is 0.111. The molecule has 74 valence electrons. The van der Waals surface area contributed by atoms with E-state index in [9.17, 15) is 0 Å². The molecule has 2 heterocycles. The van der Waals surface area contributed by atoms with Crippen molar-refractivity contribution in [1.82, 2.24) is 0 Å². The van der Waals surface area contributed by atoms with Crippen LogP contribution in [0.25, 0.3) is 0 Å². The van der Waals surface area contributed by atoms with Gasteiger partial charge < -0.3 is 0 Å². The quantitative estimate of drug-likeness (QED) is 0.597. The second-order valence-electron chi connectivity index (χ2n) is 2.66. The lowest BCUT2D eigenvalue weighted by Gasteiger charge is -2.04. The predicted molar refractivity (Wildman–Crippen MR) is 71.7 cm³/mol. The number of rotatable bonds is 2. The molecule has 5 heteroatoms. The Bertz CT molecular complexity index is 422. The van der Waals surface area contributed by atoms with E-state index < -0.39 is 0 Å². The van der Waals surface area contributed by atoms with E-state index >= 15 is 0 Å². The average molecular weight is 373 g/mol. The van der Waals surface area contributed by atoms with Gasteiger partial charge in [0.25, 0.3) is 0 Å². The average Bonchev–Trinajstić information content (AvgIpc) is 2.73. The highest BCUT2D eigenvalue weighted by Gasteiger charge is 2.17. The molecule has 0 aliphatic carbocycles. The van der Waals surface area contributed by atoms with Crippen LogP contribution in [0.5, 0.6) is 0 Å². The minimum absolute atomic E-state index is 0.0491. The van der Waals surface area contributed by atoms with Gasteiger partial charge in [-0.1, -0.05) is 6.07 Å². The molecule has 0 aromatic carbocycles. The molecule has 0 nitrogen and oxygen atoms in total. The molecule has 0 saturated carbocycles. The number of alkyl halides is 1. The molecule has 0 aliphatic heterocycles. The van der Waals surface area contributed by atoms with Crippen LogP contribution in [-0.2, 0) is 0 Å². The lowest BCUT2D eigenvalue weighted by Crippen LogP contribution is -1.87. The lowest BCUT2D eigenvalue weighted by atomic mass is 10.2. The molecule has 1 atom stereocenters. The first-order valence-corrected chi connectivity index (χ1v) is 7.52. The number of hydrogen-bond acceptors (Lipinski definition) is 2. The van der Waals surface area contributed by atoms with E-state index in [1.807, 2.05) is 11.4 Å². The molecule has 0 N–H and O–H groups in total. The smallest absolute Gasteiger partial charge is 0.0947 e. The second-order valence-corrected chi connectivity index (χ2v) is 7.82. The summed E-state index contributed by atoms with van der Waals surface area (Å²) in [5.74, 6) is 0. The third-order valence-corrected chi connectivity index (χ3v) is 5.67. The fourth-order valence-electron chi connectivity index (χ4n) is 1.11. The minimum Gasteiger partial charge on any atom is -0.147 e. The van der Waals surface area contributed by atoms with Gasteiger partial charge in [-0.2, -0.15) is 0 Å². The maximum absolute atomic E-state index is 6.36. The van der Waals surface area contributed by atoms with E-state index in [1.165, 1.54) is 4.88 Å². The number of thiophene rings is 2. The van der Waals surface area contributed by atoms with Crippen molar-refractivity contribution in [2.75, 3.05) is 0 Å². The van der Waals surface area contributed by atoms with Gasteiger partial charge in [-0.3, -0.25) is 0 Å². The van der Waals surface area contributed by atoms with Crippen LogP contribution in [0.1, 0.15) is 15.8 Å². The van der Waals surface area contributed by atoms with E-state index in [1.54, 1.807) is 22.7 Å². The molecule has 0 amide bonds. The van der Waals surface area contributed by atoms with Crippen molar-refractivity contribution in [3.63, 3.8) is 0 Å². The van der Waals surface area contributed by atoms with Gasteiger partial charge >= 0.3 is 0 Å². The van der Waals surface area contributed by atoms with E-state index in [4.69, 9.17) is 11.6 Å². The molecule has 0 radical (unpaired) electrons. The Balaban J connectivity index is 2.36. The van der Waals surface area contributed by atoms with Crippen molar-refractivity contribution < 1.29 is 0 Å². The highest BCUT2D eigenvalue weighted by molar-refractivity contribution is 9.12. The Hall–Kier alpha value is 0.650. The van der Waals surface area contributed by atoms with E-state index in [2.05, 4.69) is 44.0 Å². The largest absolute Gasteiger partial charge is 0.147 e. The normalized spacial score (nSPS) is 13.1. The zero-order valence-electron chi connectivity index (χ0n) is 6.84. The number of halogens is 3. The Morgan fingerprint density at radius 2 is 2.14 bits per heavy atom. The van der Waals surface area contributed by atoms with E-state index in [0.717, 1.165) is 13.1 Å². The van der Waals surface area contributed by atoms with Crippen molar-refractivity contribution >= 4 is 66.1 Å². The van der Waals surface area contributed by atoms with Crippen molar-refractivity contribution in [2.45, 2.75) is 5.38 Å². The monoisotopic (exact) mass is 370 g/mol. The summed E-state index contributed by atoms with van der Waals surface area (Å²) in [6.45, 7) is 0. The van der Waals surface area contributed by atoms with E-state index in [-0.39, 0.29) is 5.38 Å². The van der Waals surface area contributed by atoms with Crippen LogP contribution in [0, 0.1) is 0 Å². The molecule has 1 unspecified atom stereocenters. The van der Waals surface area contributed by atoms with Gasteiger partial charge in [0.2, 0.25) is 0 Å². The first kappa shape index (κ1) is 11.1. The third-order valence-electron chi connectivity index (χ3n) is 1.75. The topological polar surface area (TPSA) is 0 Å². The van der Waals surface area contributed by atoms with Crippen molar-refractivity contribution in [3.8, 4) is 0 Å². The molecule has 0 bridgehead atoms. The van der Waals surface area contributed by atoms with E-state index in [0.29, 0.717) is 0 Å². The Morgan fingerprint density at radius 3 is 2.64 bits per heavy atom. The first-order chi connectivity index (χ1) is 6.68.